The molecule has 380 valence electrons. The lowest BCUT2D eigenvalue weighted by Gasteiger charge is -2.20. The van der Waals surface area contributed by atoms with E-state index in [2.05, 4.69) is 53.7 Å². The zero-order valence-electron chi connectivity index (χ0n) is 38.1. The van der Waals surface area contributed by atoms with Crippen molar-refractivity contribution in [1.29, 1.82) is 0 Å². The number of benzene rings is 3. The van der Waals surface area contributed by atoms with Gasteiger partial charge in [0, 0.05) is 63.8 Å². The number of hydrogen-bond donors (Lipinski definition) is 11. The van der Waals surface area contributed by atoms with Gasteiger partial charge in [-0.2, -0.15) is 26.3 Å². The van der Waals surface area contributed by atoms with E-state index in [0.29, 0.717) is 43.7 Å². The molecule has 0 bridgehead atoms. The third kappa shape index (κ3) is 17.5. The standard InChI is InChI=1S/C44H55F6N13O6S/c1-68-33-22-34(69-2)28(40(67)63-32-20-25(44(48,49)50)19-31(38(32)70-16-12-51)61-37(65)11-5-8-15-58-42(54)55)21-27(33)39(66)62-30-18-24(43(45,46)47)17-29(26(30)9-3-6-13-56-35-23-59-35)60-36(64)10-4-7-14-57-41(52)53/h17-22,35,56,59H,4-8,10-16,23,51H2,1-2H3,(H,60,64)(H,61,65)(H,62,66)(H,63,67)(H4,52,53,57)(H4,54,55,58). The van der Waals surface area contributed by atoms with E-state index in [1.165, 1.54) is 0 Å². The quantitative estimate of drug-likeness (QED) is 0.0113. The molecule has 0 radical (unpaired) electrons. The Morgan fingerprint density at radius 3 is 1.63 bits per heavy atom. The molecule has 1 saturated heterocycles. The maximum Gasteiger partial charge on any atom is 0.416 e. The van der Waals surface area contributed by atoms with Gasteiger partial charge in [-0.25, -0.2) is 0 Å². The molecular weight excluding hydrogens is 953 g/mol. The van der Waals surface area contributed by atoms with Crippen molar-refractivity contribution in [3.05, 3.63) is 64.2 Å². The highest BCUT2D eigenvalue weighted by molar-refractivity contribution is 7.99. The Morgan fingerprint density at radius 1 is 0.714 bits per heavy atom. The zero-order valence-corrected chi connectivity index (χ0v) is 39.0. The molecule has 3 aromatic carbocycles. The van der Waals surface area contributed by atoms with Gasteiger partial charge in [-0.15, -0.1) is 11.8 Å². The highest BCUT2D eigenvalue weighted by Gasteiger charge is 2.35. The number of methoxy groups -OCH3 is 2. The highest BCUT2D eigenvalue weighted by atomic mass is 32.2. The summed E-state index contributed by atoms with van der Waals surface area (Å²) in [7, 11) is 2.32. The second kappa shape index (κ2) is 26.1. The number of carbonyl (C=O) groups is 4. The molecule has 19 nitrogen and oxygen atoms in total. The normalized spacial score (nSPS) is 13.0. The highest BCUT2D eigenvalue weighted by Crippen LogP contribution is 2.42. The SMILES string of the molecule is COc1cc(OC)c(C(=O)Nc2cc(C(F)(F)F)cc(NC(=O)CCCCN=C(N)N)c2SCCN)cc1C(=O)Nc1cc(C(F)(F)F)cc(NC(=O)CCCCN=C(N)N)c1C#CCCNC1CN1. The Kier molecular flexibility index (Phi) is 20.8. The van der Waals surface area contributed by atoms with Crippen molar-refractivity contribution in [2.75, 3.05) is 74.0 Å². The summed E-state index contributed by atoms with van der Waals surface area (Å²) >= 11 is 0.941. The van der Waals surface area contributed by atoms with E-state index < -0.39 is 69.6 Å². The van der Waals surface area contributed by atoms with Crippen LogP contribution in [0.4, 0.5) is 49.1 Å². The topological polar surface area (TPSA) is 324 Å². The summed E-state index contributed by atoms with van der Waals surface area (Å²) in [6.07, 6.45) is -8.58. The van der Waals surface area contributed by atoms with E-state index in [4.69, 9.17) is 38.1 Å². The van der Waals surface area contributed by atoms with Gasteiger partial charge >= 0.3 is 12.4 Å². The first-order chi connectivity index (χ1) is 33.1. The number of ether oxygens (including phenoxy) is 2. The zero-order chi connectivity index (χ0) is 51.6. The molecule has 1 unspecified atom stereocenters. The molecule has 26 heteroatoms. The average Bonchev–Trinajstić information content (AvgIpc) is 4.12. The average molecular weight is 1010 g/mol. The molecule has 1 atom stereocenters. The molecule has 1 heterocycles. The number of thioether (sulfide) groups is 1. The predicted molar refractivity (Wildman–Crippen MR) is 256 cm³/mol. The van der Waals surface area contributed by atoms with Crippen molar-refractivity contribution < 1.29 is 55.0 Å². The number of hydrogen-bond acceptors (Lipinski definition) is 12. The third-order valence-corrected chi connectivity index (χ3v) is 10.9. The Hall–Kier alpha value is -6.95. The van der Waals surface area contributed by atoms with Crippen LogP contribution in [0.5, 0.6) is 11.5 Å². The molecule has 70 heavy (non-hydrogen) atoms. The maximum absolute atomic E-state index is 14.5. The molecule has 1 aliphatic rings. The van der Waals surface area contributed by atoms with Crippen LogP contribution in [0.15, 0.2) is 51.3 Å². The fraction of sp³-hybridized carbons (Fsp3) is 0.409. The summed E-state index contributed by atoms with van der Waals surface area (Å²) in [4.78, 5) is 62.3. The molecule has 0 saturated carbocycles. The molecule has 0 spiro atoms. The number of nitrogens with zero attached hydrogens (tertiary/aromatic N) is 2. The molecule has 16 N–H and O–H groups in total. The number of guanidine groups is 2. The van der Waals surface area contributed by atoms with Gasteiger partial charge < -0.3 is 59.4 Å². The number of halogens is 6. The summed E-state index contributed by atoms with van der Waals surface area (Å²) < 4.78 is 97.4. The summed E-state index contributed by atoms with van der Waals surface area (Å²) in [5.74, 6) is 1.46. The molecule has 1 fully saturated rings. The number of alkyl halides is 6. The van der Waals surface area contributed by atoms with Crippen LogP contribution >= 0.6 is 11.8 Å². The number of nitrogens with two attached hydrogens (primary N) is 5. The lowest BCUT2D eigenvalue weighted by molar-refractivity contribution is -0.138. The van der Waals surface area contributed by atoms with Crippen molar-refractivity contribution in [3.63, 3.8) is 0 Å². The van der Waals surface area contributed by atoms with Gasteiger partial charge in [-0.05, 0) is 56.0 Å². The van der Waals surface area contributed by atoms with Crippen LogP contribution in [0.3, 0.4) is 0 Å². The first-order valence-electron chi connectivity index (χ1n) is 21.5. The molecule has 0 aromatic heterocycles. The van der Waals surface area contributed by atoms with E-state index in [1.54, 1.807) is 0 Å². The van der Waals surface area contributed by atoms with Gasteiger partial charge in [0.15, 0.2) is 11.9 Å². The van der Waals surface area contributed by atoms with Crippen LogP contribution in [-0.2, 0) is 21.9 Å². The molecular formula is C44H55F6N13O6S. The number of nitrogens with one attached hydrogen (secondary N) is 6. The molecule has 1 aliphatic heterocycles. The van der Waals surface area contributed by atoms with E-state index in [-0.39, 0.29) is 109 Å². The monoisotopic (exact) mass is 1010 g/mol. The molecule has 4 amide bonds. The fourth-order valence-corrected chi connectivity index (χ4v) is 7.22. The summed E-state index contributed by atoms with van der Waals surface area (Å²) in [6.45, 7) is 1.61. The van der Waals surface area contributed by atoms with Gasteiger partial charge in [0.25, 0.3) is 11.8 Å². The van der Waals surface area contributed by atoms with Gasteiger partial charge in [0.1, 0.15) is 11.5 Å². The maximum atomic E-state index is 14.5. The summed E-state index contributed by atoms with van der Waals surface area (Å²) in [6, 6.07) is 4.76. The van der Waals surface area contributed by atoms with E-state index >= 15 is 0 Å². The molecule has 0 aliphatic carbocycles. The molecule has 3 aromatic rings. The van der Waals surface area contributed by atoms with Crippen molar-refractivity contribution in [3.8, 4) is 23.3 Å². The number of anilines is 4. The van der Waals surface area contributed by atoms with Crippen LogP contribution in [0.25, 0.3) is 0 Å². The van der Waals surface area contributed by atoms with Crippen molar-refractivity contribution in [2.45, 2.75) is 68.4 Å². The second-order valence-electron chi connectivity index (χ2n) is 15.2. The van der Waals surface area contributed by atoms with Crippen LogP contribution in [0.1, 0.15) is 82.4 Å². The van der Waals surface area contributed by atoms with Gasteiger partial charge in [-0.1, -0.05) is 11.8 Å². The van der Waals surface area contributed by atoms with Gasteiger partial charge in [0.05, 0.1) is 75.8 Å². The van der Waals surface area contributed by atoms with Crippen LogP contribution in [0, 0.1) is 11.8 Å². The molecule has 4 rings (SSSR count). The van der Waals surface area contributed by atoms with Gasteiger partial charge in [0.2, 0.25) is 11.8 Å². The minimum Gasteiger partial charge on any atom is -0.496 e. The Balaban J connectivity index is 1.76. The fourth-order valence-electron chi connectivity index (χ4n) is 6.36. The predicted octanol–water partition coefficient (Wildman–Crippen LogP) is 4.32. The lowest BCUT2D eigenvalue weighted by atomic mass is 10.0. The van der Waals surface area contributed by atoms with E-state index in [9.17, 15) is 45.5 Å². The van der Waals surface area contributed by atoms with Crippen molar-refractivity contribution >= 4 is 70.1 Å². The third-order valence-electron chi connectivity index (χ3n) is 9.78. The van der Waals surface area contributed by atoms with Crippen molar-refractivity contribution in [1.82, 2.24) is 10.6 Å². The summed E-state index contributed by atoms with van der Waals surface area (Å²) in [5.41, 5.74) is 22.0. The number of amides is 4. The Bertz CT molecular complexity index is 2480. The van der Waals surface area contributed by atoms with E-state index in [1.807, 2.05) is 0 Å². The number of aliphatic imine (C=N–C) groups is 2. The lowest BCUT2D eigenvalue weighted by Crippen LogP contribution is -2.23. The van der Waals surface area contributed by atoms with Gasteiger partial charge in [-0.3, -0.25) is 39.8 Å². The summed E-state index contributed by atoms with van der Waals surface area (Å²) in [5, 5.41) is 16.0. The smallest absolute Gasteiger partial charge is 0.416 e. The Labute approximate surface area is 403 Å². The Morgan fingerprint density at radius 2 is 1.17 bits per heavy atom. The first kappa shape index (κ1) is 55.6. The van der Waals surface area contributed by atoms with E-state index in [0.717, 1.165) is 44.7 Å². The van der Waals surface area contributed by atoms with Crippen molar-refractivity contribution in [2.24, 2.45) is 38.7 Å². The number of rotatable bonds is 24. The van der Waals surface area contributed by atoms with Crippen LogP contribution < -0.4 is 70.0 Å². The minimum absolute atomic E-state index is 0.0121. The largest absolute Gasteiger partial charge is 0.496 e. The van der Waals surface area contributed by atoms with Crippen LogP contribution in [-0.4, -0.2) is 94.4 Å². The van der Waals surface area contributed by atoms with Crippen LogP contribution in [0.2, 0.25) is 0 Å². The first-order valence-corrected chi connectivity index (χ1v) is 22.5. The minimum atomic E-state index is -4.99. The second-order valence-corrected chi connectivity index (χ2v) is 16.3. The number of unbranched alkanes of at least 4 members (excludes halogenated alkanes) is 2. The number of carbonyl (C=O) groups excluding carboxylic acids is 4.